The van der Waals surface area contributed by atoms with Crippen molar-refractivity contribution in [2.75, 3.05) is 11.9 Å². The predicted molar refractivity (Wildman–Crippen MR) is 141 cm³/mol. The third kappa shape index (κ3) is 5.43. The second-order valence-electron chi connectivity index (χ2n) is 8.07. The van der Waals surface area contributed by atoms with E-state index < -0.39 is 11.7 Å². The smallest absolute Gasteiger partial charge is 0.282 e. The van der Waals surface area contributed by atoms with E-state index >= 15 is 0 Å². The van der Waals surface area contributed by atoms with Gasteiger partial charge in [0.1, 0.15) is 11.6 Å². The number of fused-ring (bicyclic) bond motifs is 1. The molecule has 4 aromatic carbocycles. The zero-order valence-corrected chi connectivity index (χ0v) is 19.5. The molecule has 37 heavy (non-hydrogen) atoms. The summed E-state index contributed by atoms with van der Waals surface area (Å²) in [5.41, 5.74) is 1.77. The summed E-state index contributed by atoms with van der Waals surface area (Å²) in [6.07, 6.45) is 1.52. The molecule has 0 aliphatic rings. The molecule has 0 saturated heterocycles. The number of anilines is 1. The van der Waals surface area contributed by atoms with Crippen molar-refractivity contribution in [2.24, 2.45) is 5.10 Å². The highest BCUT2D eigenvalue weighted by molar-refractivity contribution is 5.92. The monoisotopic (exact) mass is 492 g/mol. The molecule has 1 amide bonds. The molecule has 182 valence electrons. The average molecular weight is 493 g/mol. The number of carbonyl (C=O) groups is 1. The number of nitrogens with zero attached hydrogens (tertiary/aromatic N) is 3. The van der Waals surface area contributed by atoms with Gasteiger partial charge in [-0.2, -0.15) is 9.78 Å². The number of carbonyl (C=O) groups excluding carboxylic acids is 1. The molecule has 0 aliphatic carbocycles. The van der Waals surface area contributed by atoms with Crippen LogP contribution in [-0.4, -0.2) is 28.4 Å². The number of rotatable bonds is 7. The van der Waals surface area contributed by atoms with Gasteiger partial charge in [0, 0.05) is 5.56 Å². The molecule has 0 aliphatic heterocycles. The number of halogens is 1. The Morgan fingerprint density at radius 2 is 1.70 bits per heavy atom. The second-order valence-corrected chi connectivity index (χ2v) is 8.07. The van der Waals surface area contributed by atoms with Crippen LogP contribution < -0.4 is 15.6 Å². The van der Waals surface area contributed by atoms with Gasteiger partial charge in [-0.3, -0.25) is 9.59 Å². The highest BCUT2D eigenvalue weighted by atomic mass is 19.1. The summed E-state index contributed by atoms with van der Waals surface area (Å²) < 4.78 is 20.6. The molecule has 0 unspecified atom stereocenters. The molecular formula is C29H21FN4O3. The van der Waals surface area contributed by atoms with Crippen molar-refractivity contribution in [3.63, 3.8) is 0 Å². The van der Waals surface area contributed by atoms with Crippen LogP contribution in [0, 0.1) is 5.82 Å². The molecule has 1 aromatic heterocycles. The number of ether oxygens (including phenoxy) is 1. The van der Waals surface area contributed by atoms with Crippen molar-refractivity contribution >= 4 is 28.7 Å². The molecule has 8 heteroatoms. The van der Waals surface area contributed by atoms with Gasteiger partial charge in [-0.1, -0.05) is 66.7 Å². The van der Waals surface area contributed by atoms with Gasteiger partial charge in [0.2, 0.25) is 0 Å². The third-order valence-corrected chi connectivity index (χ3v) is 5.48. The fraction of sp³-hybridized carbons (Fsp3) is 0.0345. The van der Waals surface area contributed by atoms with Gasteiger partial charge in [0.25, 0.3) is 11.5 Å². The number of para-hydroxylation sites is 2. The molecule has 5 rings (SSSR count). The SMILES string of the molecule is O=C(COc1cccc(C=Nn2c(-c3ccccc3)nc3ccccc3c2=O)c1)Nc1ccccc1F. The van der Waals surface area contributed by atoms with E-state index in [1.165, 1.54) is 23.0 Å². The lowest BCUT2D eigenvalue weighted by molar-refractivity contribution is -0.118. The molecule has 0 radical (unpaired) electrons. The summed E-state index contributed by atoms with van der Waals surface area (Å²) >= 11 is 0. The highest BCUT2D eigenvalue weighted by Crippen LogP contribution is 2.19. The predicted octanol–water partition coefficient (Wildman–Crippen LogP) is 5.10. The van der Waals surface area contributed by atoms with Crippen molar-refractivity contribution < 1.29 is 13.9 Å². The van der Waals surface area contributed by atoms with E-state index in [2.05, 4.69) is 15.4 Å². The first-order valence-corrected chi connectivity index (χ1v) is 11.5. The number of aromatic nitrogens is 2. The molecule has 1 N–H and O–H groups in total. The first kappa shape index (κ1) is 23.6. The summed E-state index contributed by atoms with van der Waals surface area (Å²) in [5.74, 6) is -0.189. The minimum Gasteiger partial charge on any atom is -0.484 e. The minimum atomic E-state index is -0.526. The van der Waals surface area contributed by atoms with Crippen molar-refractivity contribution in [1.82, 2.24) is 9.66 Å². The van der Waals surface area contributed by atoms with Crippen LogP contribution in [0.2, 0.25) is 0 Å². The van der Waals surface area contributed by atoms with E-state index in [4.69, 9.17) is 4.74 Å². The van der Waals surface area contributed by atoms with Crippen molar-refractivity contribution in [3.05, 3.63) is 125 Å². The van der Waals surface area contributed by atoms with E-state index in [1.807, 2.05) is 36.4 Å². The Morgan fingerprint density at radius 1 is 0.946 bits per heavy atom. The van der Waals surface area contributed by atoms with E-state index in [-0.39, 0.29) is 17.9 Å². The fourth-order valence-electron chi connectivity index (χ4n) is 3.71. The summed E-state index contributed by atoms with van der Waals surface area (Å²) in [6, 6.07) is 29.3. The summed E-state index contributed by atoms with van der Waals surface area (Å²) in [6.45, 7) is -0.304. The van der Waals surface area contributed by atoms with Gasteiger partial charge in [-0.25, -0.2) is 9.37 Å². The van der Waals surface area contributed by atoms with E-state index in [1.54, 1.807) is 54.6 Å². The van der Waals surface area contributed by atoms with Crippen LogP contribution >= 0.6 is 0 Å². The summed E-state index contributed by atoms with van der Waals surface area (Å²) in [7, 11) is 0. The van der Waals surface area contributed by atoms with Gasteiger partial charge in [0.15, 0.2) is 12.4 Å². The van der Waals surface area contributed by atoms with Crippen LogP contribution in [-0.2, 0) is 4.79 Å². The maximum absolute atomic E-state index is 13.7. The van der Waals surface area contributed by atoms with E-state index in [0.29, 0.717) is 28.0 Å². The topological polar surface area (TPSA) is 85.6 Å². The van der Waals surface area contributed by atoms with Crippen molar-refractivity contribution in [2.45, 2.75) is 0 Å². The molecule has 0 bridgehead atoms. The van der Waals surface area contributed by atoms with E-state index in [0.717, 1.165) is 5.56 Å². The normalized spacial score (nSPS) is 11.1. The summed E-state index contributed by atoms with van der Waals surface area (Å²) in [4.78, 5) is 30.1. The second kappa shape index (κ2) is 10.7. The Hall–Kier alpha value is -5.11. The maximum atomic E-state index is 13.7. The van der Waals surface area contributed by atoms with Gasteiger partial charge >= 0.3 is 0 Å². The Morgan fingerprint density at radius 3 is 2.54 bits per heavy atom. The van der Waals surface area contributed by atoms with Crippen LogP contribution in [0.1, 0.15) is 5.56 Å². The number of benzene rings is 4. The van der Waals surface area contributed by atoms with Crippen LogP contribution in [0.3, 0.4) is 0 Å². The quantitative estimate of drug-likeness (QED) is 0.320. The number of hydrogen-bond acceptors (Lipinski definition) is 5. The Labute approximate surface area is 211 Å². The first-order chi connectivity index (χ1) is 18.1. The molecular weight excluding hydrogens is 471 g/mol. The van der Waals surface area contributed by atoms with Gasteiger partial charge in [-0.05, 0) is 42.0 Å². The largest absolute Gasteiger partial charge is 0.484 e. The highest BCUT2D eigenvalue weighted by Gasteiger charge is 2.12. The lowest BCUT2D eigenvalue weighted by Crippen LogP contribution is -2.21. The Balaban J connectivity index is 1.38. The third-order valence-electron chi connectivity index (χ3n) is 5.48. The lowest BCUT2D eigenvalue weighted by atomic mass is 10.2. The molecule has 0 atom stereocenters. The lowest BCUT2D eigenvalue weighted by Gasteiger charge is -2.10. The molecule has 0 fully saturated rings. The summed E-state index contributed by atoms with van der Waals surface area (Å²) in [5, 5.41) is 7.37. The van der Waals surface area contributed by atoms with E-state index in [9.17, 15) is 14.0 Å². The zero-order chi connectivity index (χ0) is 25.6. The van der Waals surface area contributed by atoms with Crippen LogP contribution in [0.15, 0.2) is 113 Å². The van der Waals surface area contributed by atoms with Crippen molar-refractivity contribution in [1.29, 1.82) is 0 Å². The van der Waals surface area contributed by atoms with Crippen LogP contribution in [0.25, 0.3) is 22.3 Å². The Bertz CT molecular complexity index is 1670. The zero-order valence-electron chi connectivity index (χ0n) is 19.5. The van der Waals surface area contributed by atoms with Gasteiger partial charge in [-0.15, -0.1) is 0 Å². The molecule has 0 saturated carbocycles. The standard InChI is InChI=1S/C29H21FN4O3/c30-24-14-5-7-16-26(24)32-27(35)19-37-22-12-8-9-20(17-22)18-31-34-28(21-10-2-1-3-11-21)33-25-15-6-4-13-23(25)29(34)36/h1-18H,19H2,(H,32,35). The van der Waals surface area contributed by atoms with Crippen molar-refractivity contribution in [3.8, 4) is 17.1 Å². The molecule has 5 aromatic rings. The average Bonchev–Trinajstić information content (AvgIpc) is 2.93. The first-order valence-electron chi connectivity index (χ1n) is 11.5. The van der Waals surface area contributed by atoms with Crippen LogP contribution in [0.5, 0.6) is 5.75 Å². The minimum absolute atomic E-state index is 0.0839. The molecule has 7 nitrogen and oxygen atoms in total. The molecule has 1 heterocycles. The number of hydrogen-bond donors (Lipinski definition) is 1. The molecule has 0 spiro atoms. The van der Waals surface area contributed by atoms with Crippen LogP contribution in [0.4, 0.5) is 10.1 Å². The Kier molecular flexibility index (Phi) is 6.80. The van der Waals surface area contributed by atoms with Gasteiger partial charge < -0.3 is 10.1 Å². The number of nitrogens with one attached hydrogen (secondary N) is 1. The number of amides is 1. The van der Waals surface area contributed by atoms with Gasteiger partial charge in [0.05, 0.1) is 22.8 Å². The maximum Gasteiger partial charge on any atom is 0.282 e. The fourth-order valence-corrected chi connectivity index (χ4v) is 3.71.